The molecule has 39 heavy (non-hydrogen) atoms. The summed E-state index contributed by atoms with van der Waals surface area (Å²) in [5.74, 6) is 1.68. The lowest BCUT2D eigenvalue weighted by atomic mass is 9.92. The van der Waals surface area contributed by atoms with Crippen molar-refractivity contribution in [3.8, 4) is 23.3 Å². The van der Waals surface area contributed by atoms with Crippen molar-refractivity contribution in [2.75, 3.05) is 17.3 Å². The van der Waals surface area contributed by atoms with Crippen LogP contribution in [0.15, 0.2) is 85.1 Å². The summed E-state index contributed by atoms with van der Waals surface area (Å²) < 4.78 is 0. The Hall–Kier alpha value is -5.53. The van der Waals surface area contributed by atoms with Gasteiger partial charge in [-0.15, -0.1) is 0 Å². The van der Waals surface area contributed by atoms with E-state index in [0.29, 0.717) is 17.3 Å². The highest BCUT2D eigenvalue weighted by molar-refractivity contribution is 6.02. The first kappa shape index (κ1) is 25.1. The van der Waals surface area contributed by atoms with Crippen molar-refractivity contribution < 1.29 is 0 Å². The Balaban J connectivity index is 1.72. The first-order chi connectivity index (χ1) is 19.0. The van der Waals surface area contributed by atoms with Gasteiger partial charge in [0.1, 0.15) is 17.7 Å². The van der Waals surface area contributed by atoms with Gasteiger partial charge in [-0.2, -0.15) is 15.5 Å². The van der Waals surface area contributed by atoms with Crippen LogP contribution in [0.5, 0.6) is 0 Å². The molecule has 0 aliphatic carbocycles. The zero-order valence-electron chi connectivity index (χ0n) is 21.8. The number of rotatable bonds is 6. The SMILES string of the molecule is Cc1cc(C=CC#N)cc(C)c1-c1cccc2c(N(C)c3ccccc3)nc(Nc3ccc(C#N)cn3)nc12. The van der Waals surface area contributed by atoms with Crippen LogP contribution >= 0.6 is 0 Å². The van der Waals surface area contributed by atoms with Crippen LogP contribution in [-0.4, -0.2) is 22.0 Å². The van der Waals surface area contributed by atoms with E-state index in [9.17, 15) is 0 Å². The number of nitrogens with one attached hydrogen (secondary N) is 1. The summed E-state index contributed by atoms with van der Waals surface area (Å²) in [6.45, 7) is 4.14. The van der Waals surface area contributed by atoms with E-state index in [4.69, 9.17) is 20.5 Å². The van der Waals surface area contributed by atoms with E-state index in [-0.39, 0.29) is 0 Å². The number of aryl methyl sites for hydroxylation is 2. The number of pyridine rings is 1. The molecular formula is C32H25N7. The summed E-state index contributed by atoms with van der Waals surface area (Å²) in [5.41, 5.74) is 7.48. The molecule has 0 unspecified atom stereocenters. The minimum absolute atomic E-state index is 0.397. The van der Waals surface area contributed by atoms with E-state index >= 15 is 0 Å². The van der Waals surface area contributed by atoms with E-state index in [2.05, 4.69) is 54.5 Å². The number of nitrogens with zero attached hydrogens (tertiary/aromatic N) is 6. The minimum Gasteiger partial charge on any atom is -0.329 e. The molecule has 0 saturated heterocycles. The number of anilines is 4. The molecule has 5 aromatic rings. The topological polar surface area (TPSA) is 102 Å². The first-order valence-electron chi connectivity index (χ1n) is 12.4. The number of fused-ring (bicyclic) bond motifs is 1. The molecular weight excluding hydrogens is 482 g/mol. The van der Waals surface area contributed by atoms with Crippen molar-refractivity contribution in [1.82, 2.24) is 15.0 Å². The molecule has 5 rings (SSSR count). The van der Waals surface area contributed by atoms with Crippen molar-refractivity contribution in [3.63, 3.8) is 0 Å². The Morgan fingerprint density at radius 1 is 0.897 bits per heavy atom. The lowest BCUT2D eigenvalue weighted by molar-refractivity contribution is 1.11. The second-order valence-corrected chi connectivity index (χ2v) is 9.13. The van der Waals surface area contributed by atoms with Gasteiger partial charge in [-0.25, -0.2) is 9.97 Å². The van der Waals surface area contributed by atoms with Crippen molar-refractivity contribution >= 4 is 40.3 Å². The molecule has 3 aromatic carbocycles. The zero-order chi connectivity index (χ0) is 27.4. The Bertz CT molecular complexity index is 1750. The highest BCUT2D eigenvalue weighted by Crippen LogP contribution is 2.38. The van der Waals surface area contributed by atoms with Crippen LogP contribution in [0.4, 0.5) is 23.3 Å². The van der Waals surface area contributed by atoms with Gasteiger partial charge in [0, 0.05) is 36.0 Å². The van der Waals surface area contributed by atoms with Gasteiger partial charge in [0.15, 0.2) is 0 Å². The fourth-order valence-corrected chi connectivity index (χ4v) is 4.72. The Kier molecular flexibility index (Phi) is 6.98. The maximum atomic E-state index is 9.13. The predicted molar refractivity (Wildman–Crippen MR) is 156 cm³/mol. The molecule has 0 aliphatic rings. The number of aromatic nitrogens is 3. The monoisotopic (exact) mass is 507 g/mol. The maximum Gasteiger partial charge on any atom is 0.230 e. The summed E-state index contributed by atoms with van der Waals surface area (Å²) >= 11 is 0. The molecule has 0 saturated carbocycles. The lowest BCUT2D eigenvalue weighted by Crippen LogP contribution is -2.13. The van der Waals surface area contributed by atoms with E-state index in [1.165, 1.54) is 12.3 Å². The second kappa shape index (κ2) is 10.8. The summed E-state index contributed by atoms with van der Waals surface area (Å²) in [5, 5.41) is 22.2. The summed E-state index contributed by atoms with van der Waals surface area (Å²) in [7, 11) is 1.99. The molecule has 7 nitrogen and oxygen atoms in total. The van der Waals surface area contributed by atoms with Gasteiger partial charge in [-0.1, -0.05) is 42.5 Å². The third-order valence-electron chi connectivity index (χ3n) is 6.47. The smallest absolute Gasteiger partial charge is 0.230 e. The van der Waals surface area contributed by atoms with Crippen LogP contribution in [0.1, 0.15) is 22.3 Å². The van der Waals surface area contributed by atoms with Gasteiger partial charge in [0.05, 0.1) is 17.1 Å². The number of hydrogen-bond donors (Lipinski definition) is 1. The molecule has 0 atom stereocenters. The van der Waals surface area contributed by atoms with Gasteiger partial charge in [0.2, 0.25) is 5.95 Å². The van der Waals surface area contributed by atoms with Crippen LogP contribution < -0.4 is 10.2 Å². The first-order valence-corrected chi connectivity index (χ1v) is 12.4. The number of para-hydroxylation sites is 2. The molecule has 0 aliphatic heterocycles. The normalized spacial score (nSPS) is 10.8. The predicted octanol–water partition coefficient (Wildman–Crippen LogP) is 7.23. The fraction of sp³-hybridized carbons (Fsp3) is 0.0938. The average Bonchev–Trinajstić information content (AvgIpc) is 2.96. The second-order valence-electron chi connectivity index (χ2n) is 9.13. The van der Waals surface area contributed by atoms with E-state index in [1.807, 2.05) is 60.5 Å². The van der Waals surface area contributed by atoms with E-state index in [1.54, 1.807) is 12.1 Å². The summed E-state index contributed by atoms with van der Waals surface area (Å²) in [6, 6.07) is 27.9. The highest BCUT2D eigenvalue weighted by Gasteiger charge is 2.18. The largest absolute Gasteiger partial charge is 0.329 e. The van der Waals surface area contributed by atoms with Gasteiger partial charge in [-0.3, -0.25) is 0 Å². The van der Waals surface area contributed by atoms with Crippen molar-refractivity contribution in [3.05, 3.63) is 107 Å². The summed E-state index contributed by atoms with van der Waals surface area (Å²) in [4.78, 5) is 16.3. The third kappa shape index (κ3) is 5.16. The fourth-order valence-electron chi connectivity index (χ4n) is 4.72. The molecule has 0 spiro atoms. The Morgan fingerprint density at radius 3 is 2.33 bits per heavy atom. The lowest BCUT2D eigenvalue weighted by Gasteiger charge is -2.22. The Labute approximate surface area is 227 Å². The van der Waals surface area contributed by atoms with Gasteiger partial charge in [-0.05, 0) is 72.5 Å². The quantitative estimate of drug-likeness (QED) is 0.242. The highest BCUT2D eigenvalue weighted by atomic mass is 15.2. The molecule has 0 radical (unpaired) electrons. The molecule has 2 aromatic heterocycles. The molecule has 7 heteroatoms. The molecule has 0 bridgehead atoms. The van der Waals surface area contributed by atoms with Gasteiger partial charge >= 0.3 is 0 Å². The number of nitriles is 2. The zero-order valence-corrected chi connectivity index (χ0v) is 21.8. The summed E-state index contributed by atoms with van der Waals surface area (Å²) in [6.07, 6.45) is 4.81. The van der Waals surface area contributed by atoms with Gasteiger partial charge < -0.3 is 10.2 Å². The number of benzene rings is 3. The third-order valence-corrected chi connectivity index (χ3v) is 6.47. The van der Waals surface area contributed by atoms with Crippen molar-refractivity contribution in [1.29, 1.82) is 10.5 Å². The minimum atomic E-state index is 0.397. The van der Waals surface area contributed by atoms with Crippen LogP contribution in [0.3, 0.4) is 0 Å². The van der Waals surface area contributed by atoms with Crippen LogP contribution in [-0.2, 0) is 0 Å². The standard InChI is InChI=1S/C32H25N7/c1-21-17-23(9-8-16-33)18-22(2)29(21)26-12-7-13-27-30(26)37-32(36-28-15-14-24(19-34)20-35-28)38-31(27)39(3)25-10-5-4-6-11-25/h4-15,17-18,20H,1-3H3,(H,35,36,37,38). The Morgan fingerprint density at radius 2 is 1.67 bits per heavy atom. The van der Waals surface area contributed by atoms with Crippen LogP contribution in [0.2, 0.25) is 0 Å². The molecule has 1 N–H and O–H groups in total. The maximum absolute atomic E-state index is 9.13. The van der Waals surface area contributed by atoms with Crippen molar-refractivity contribution in [2.24, 2.45) is 0 Å². The van der Waals surface area contributed by atoms with E-state index in [0.717, 1.165) is 50.2 Å². The van der Waals surface area contributed by atoms with Crippen molar-refractivity contribution in [2.45, 2.75) is 13.8 Å². The number of allylic oxidation sites excluding steroid dienone is 1. The van der Waals surface area contributed by atoms with Crippen LogP contribution in [0, 0.1) is 36.5 Å². The van der Waals surface area contributed by atoms with E-state index < -0.39 is 0 Å². The average molecular weight is 508 g/mol. The molecule has 0 fully saturated rings. The number of hydrogen-bond acceptors (Lipinski definition) is 7. The van der Waals surface area contributed by atoms with Crippen LogP contribution in [0.25, 0.3) is 28.1 Å². The van der Waals surface area contributed by atoms with Gasteiger partial charge in [0.25, 0.3) is 0 Å². The molecule has 0 amide bonds. The molecule has 188 valence electrons. The molecule has 2 heterocycles.